The van der Waals surface area contributed by atoms with Gasteiger partial charge in [0.1, 0.15) is 0 Å². The summed E-state index contributed by atoms with van der Waals surface area (Å²) in [5.41, 5.74) is 4.25. The number of hydrogen-bond acceptors (Lipinski definition) is 3. The first kappa shape index (κ1) is 12.6. The van der Waals surface area contributed by atoms with E-state index >= 15 is 0 Å². The summed E-state index contributed by atoms with van der Waals surface area (Å²) >= 11 is 3.46. The Morgan fingerprint density at radius 2 is 1.95 bits per heavy atom. The van der Waals surface area contributed by atoms with Gasteiger partial charge in [-0.15, -0.1) is 22.7 Å². The van der Waals surface area contributed by atoms with Crippen LogP contribution in [0.2, 0.25) is 0 Å². The normalized spacial score (nSPS) is 15.7. The predicted octanol–water partition coefficient (Wildman–Crippen LogP) is 4.73. The fraction of sp³-hybridized carbons (Fsp3) is 0.294. The Morgan fingerprint density at radius 1 is 1.05 bits per heavy atom. The zero-order chi connectivity index (χ0) is 13.5. The molecule has 1 aliphatic rings. The van der Waals surface area contributed by atoms with Gasteiger partial charge in [-0.3, -0.25) is 0 Å². The molecule has 0 saturated carbocycles. The van der Waals surface area contributed by atoms with Crippen LogP contribution in [0.1, 0.15) is 34.1 Å². The third kappa shape index (κ3) is 2.20. The van der Waals surface area contributed by atoms with Crippen LogP contribution < -0.4 is 0 Å². The maximum absolute atomic E-state index is 10.5. The first-order chi connectivity index (χ1) is 9.79. The Morgan fingerprint density at radius 3 is 2.85 bits per heavy atom. The number of aliphatic hydroxyl groups is 1. The molecule has 1 N–H and O–H groups in total. The standard InChI is InChI=1S/C17H16OS2/c18-14(16-10-17-15(20-16)6-7-19-17)9-11-4-5-12-2-1-3-13(12)8-11/h4-8,10,14,18H,1-3,9H2. The summed E-state index contributed by atoms with van der Waals surface area (Å²) < 4.78 is 2.58. The molecule has 1 unspecified atom stereocenters. The summed E-state index contributed by atoms with van der Waals surface area (Å²) in [5, 5.41) is 12.6. The number of hydrogen-bond donors (Lipinski definition) is 1. The van der Waals surface area contributed by atoms with Crippen molar-refractivity contribution >= 4 is 32.1 Å². The van der Waals surface area contributed by atoms with Gasteiger partial charge in [0.15, 0.2) is 0 Å². The molecule has 1 aliphatic carbocycles. The van der Waals surface area contributed by atoms with Gasteiger partial charge in [0.05, 0.1) is 6.10 Å². The van der Waals surface area contributed by atoms with Crippen LogP contribution in [0.5, 0.6) is 0 Å². The molecule has 0 spiro atoms. The highest BCUT2D eigenvalue weighted by molar-refractivity contribution is 7.26. The van der Waals surface area contributed by atoms with Crippen LogP contribution in [0.15, 0.2) is 35.7 Å². The monoisotopic (exact) mass is 300 g/mol. The number of benzene rings is 1. The van der Waals surface area contributed by atoms with Crippen LogP contribution in [0.3, 0.4) is 0 Å². The molecule has 3 heteroatoms. The Hall–Kier alpha value is -1.16. The highest BCUT2D eigenvalue weighted by Crippen LogP contribution is 2.35. The summed E-state index contributed by atoms with van der Waals surface area (Å²) in [4.78, 5) is 1.09. The van der Waals surface area contributed by atoms with Gasteiger partial charge in [0, 0.05) is 20.7 Å². The zero-order valence-corrected chi connectivity index (χ0v) is 12.8. The maximum Gasteiger partial charge on any atom is 0.0922 e. The van der Waals surface area contributed by atoms with Gasteiger partial charge >= 0.3 is 0 Å². The average molecular weight is 300 g/mol. The molecular formula is C17H16OS2. The number of fused-ring (bicyclic) bond motifs is 2. The fourth-order valence-electron chi connectivity index (χ4n) is 3.02. The van der Waals surface area contributed by atoms with Crippen molar-refractivity contribution in [3.05, 3.63) is 57.3 Å². The SMILES string of the molecule is OC(Cc1ccc2c(c1)CCC2)c1cc2sccc2s1. The van der Waals surface area contributed by atoms with E-state index in [1.807, 2.05) is 0 Å². The van der Waals surface area contributed by atoms with Gasteiger partial charge in [0.25, 0.3) is 0 Å². The zero-order valence-electron chi connectivity index (χ0n) is 11.1. The summed E-state index contributed by atoms with van der Waals surface area (Å²) in [6, 6.07) is 11.0. The number of thiophene rings is 2. The number of aliphatic hydroxyl groups excluding tert-OH is 1. The lowest BCUT2D eigenvalue weighted by atomic mass is 10.0. The Balaban J connectivity index is 1.57. The van der Waals surface area contributed by atoms with E-state index in [4.69, 9.17) is 0 Å². The van der Waals surface area contributed by atoms with Gasteiger partial charge in [-0.1, -0.05) is 18.2 Å². The molecule has 2 heterocycles. The van der Waals surface area contributed by atoms with E-state index in [0.29, 0.717) is 0 Å². The van der Waals surface area contributed by atoms with E-state index in [-0.39, 0.29) is 6.10 Å². The van der Waals surface area contributed by atoms with Crippen molar-refractivity contribution in [1.29, 1.82) is 0 Å². The van der Waals surface area contributed by atoms with Gasteiger partial charge < -0.3 is 5.11 Å². The molecule has 4 rings (SSSR count). The average Bonchev–Trinajstić information content (AvgIpc) is 3.12. The summed E-state index contributed by atoms with van der Waals surface area (Å²) in [5.74, 6) is 0. The second-order valence-corrected chi connectivity index (χ2v) is 7.54. The third-order valence-corrected chi connectivity index (χ3v) is 6.27. The lowest BCUT2D eigenvalue weighted by Gasteiger charge is -2.10. The Bertz CT molecular complexity index is 725. The van der Waals surface area contributed by atoms with Crippen molar-refractivity contribution in [3.63, 3.8) is 0 Å². The molecular weight excluding hydrogens is 284 g/mol. The van der Waals surface area contributed by atoms with Gasteiger partial charge in [-0.05, 0) is 53.5 Å². The van der Waals surface area contributed by atoms with E-state index in [1.165, 1.54) is 45.4 Å². The van der Waals surface area contributed by atoms with Gasteiger partial charge in [-0.25, -0.2) is 0 Å². The van der Waals surface area contributed by atoms with Crippen LogP contribution >= 0.6 is 22.7 Å². The molecule has 0 saturated heterocycles. The lowest BCUT2D eigenvalue weighted by Crippen LogP contribution is -2.00. The molecule has 1 nitrogen and oxygen atoms in total. The summed E-state index contributed by atoms with van der Waals surface area (Å²) in [6.45, 7) is 0. The van der Waals surface area contributed by atoms with Gasteiger partial charge in [0.2, 0.25) is 0 Å². The smallest absolute Gasteiger partial charge is 0.0922 e. The second kappa shape index (κ2) is 4.99. The minimum Gasteiger partial charge on any atom is -0.387 e. The molecule has 3 aromatic rings. The fourth-order valence-corrected chi connectivity index (χ4v) is 5.13. The first-order valence-corrected chi connectivity index (χ1v) is 8.75. The Kier molecular flexibility index (Phi) is 3.14. The summed E-state index contributed by atoms with van der Waals surface area (Å²) in [7, 11) is 0. The van der Waals surface area contributed by atoms with Crippen molar-refractivity contribution in [2.45, 2.75) is 31.8 Å². The molecule has 1 atom stereocenters. The second-order valence-electron chi connectivity index (χ2n) is 5.47. The minimum atomic E-state index is -0.376. The van der Waals surface area contributed by atoms with E-state index in [0.717, 1.165) is 11.3 Å². The molecule has 0 amide bonds. The lowest BCUT2D eigenvalue weighted by molar-refractivity contribution is 0.182. The van der Waals surface area contributed by atoms with Crippen molar-refractivity contribution in [2.24, 2.45) is 0 Å². The molecule has 2 aromatic heterocycles. The number of aryl methyl sites for hydroxylation is 2. The molecule has 0 radical (unpaired) electrons. The van der Waals surface area contributed by atoms with Crippen molar-refractivity contribution in [1.82, 2.24) is 0 Å². The third-order valence-electron chi connectivity index (χ3n) is 4.08. The molecule has 0 bridgehead atoms. The van der Waals surface area contributed by atoms with Crippen molar-refractivity contribution < 1.29 is 5.11 Å². The van der Waals surface area contributed by atoms with Crippen LogP contribution in [0.25, 0.3) is 9.40 Å². The highest BCUT2D eigenvalue weighted by Gasteiger charge is 2.15. The van der Waals surface area contributed by atoms with Crippen LogP contribution in [0, 0.1) is 0 Å². The van der Waals surface area contributed by atoms with E-state index in [1.54, 1.807) is 22.7 Å². The highest BCUT2D eigenvalue weighted by atomic mass is 32.1. The topological polar surface area (TPSA) is 20.2 Å². The molecule has 20 heavy (non-hydrogen) atoms. The quantitative estimate of drug-likeness (QED) is 0.741. The molecule has 102 valence electrons. The number of rotatable bonds is 3. The minimum absolute atomic E-state index is 0.376. The van der Waals surface area contributed by atoms with Crippen molar-refractivity contribution in [3.8, 4) is 0 Å². The van der Waals surface area contributed by atoms with Crippen LogP contribution in [-0.4, -0.2) is 5.11 Å². The largest absolute Gasteiger partial charge is 0.387 e. The van der Waals surface area contributed by atoms with E-state index in [2.05, 4.69) is 35.7 Å². The van der Waals surface area contributed by atoms with Crippen molar-refractivity contribution in [2.75, 3.05) is 0 Å². The molecule has 1 aromatic carbocycles. The van der Waals surface area contributed by atoms with Crippen LogP contribution in [-0.2, 0) is 19.3 Å². The van der Waals surface area contributed by atoms with Gasteiger partial charge in [-0.2, -0.15) is 0 Å². The maximum atomic E-state index is 10.5. The predicted molar refractivity (Wildman–Crippen MR) is 86.8 cm³/mol. The first-order valence-electron chi connectivity index (χ1n) is 7.05. The van der Waals surface area contributed by atoms with E-state index in [9.17, 15) is 5.11 Å². The summed E-state index contributed by atoms with van der Waals surface area (Å²) in [6.07, 6.45) is 4.05. The molecule has 0 fully saturated rings. The van der Waals surface area contributed by atoms with E-state index < -0.39 is 0 Å². The molecule has 0 aliphatic heterocycles. The Labute approximate surface area is 126 Å². The van der Waals surface area contributed by atoms with Crippen LogP contribution in [0.4, 0.5) is 0 Å².